The fraction of sp³-hybridized carbons (Fsp3) is 0.450. The Labute approximate surface area is 194 Å². The number of carbonyl (C=O) groups is 1. The summed E-state index contributed by atoms with van der Waals surface area (Å²) < 4.78 is 25.7. The number of halogens is 2. The molecule has 1 fully saturated rings. The van der Waals surface area contributed by atoms with Crippen LogP contribution >= 0.6 is 11.6 Å². The van der Waals surface area contributed by atoms with E-state index in [1.54, 1.807) is 30.6 Å². The van der Waals surface area contributed by atoms with Gasteiger partial charge in [-0.3, -0.25) is 10.1 Å². The average Bonchev–Trinajstić information content (AvgIpc) is 2.69. The molecule has 1 aliphatic heterocycles. The van der Waals surface area contributed by atoms with E-state index in [1.165, 1.54) is 6.20 Å². The van der Waals surface area contributed by atoms with Crippen LogP contribution in [0.1, 0.15) is 27.7 Å². The number of nitrogens with two attached hydrogens (primary N) is 1. The molecule has 0 unspecified atom stereocenters. The second kappa shape index (κ2) is 9.22. The van der Waals surface area contributed by atoms with Crippen molar-refractivity contribution >= 4 is 35.0 Å². The lowest BCUT2D eigenvalue weighted by Gasteiger charge is -2.40. The van der Waals surface area contributed by atoms with Crippen LogP contribution in [0.25, 0.3) is 0 Å². The summed E-state index contributed by atoms with van der Waals surface area (Å²) in [5, 5.41) is 11.1. The highest BCUT2D eigenvalue weighted by atomic mass is 35.5. The summed E-state index contributed by atoms with van der Waals surface area (Å²) in [6.07, 6.45) is 1.89. The summed E-state index contributed by atoms with van der Waals surface area (Å²) in [6, 6.07) is 0.802. The van der Waals surface area contributed by atoms with Gasteiger partial charge in [-0.15, -0.1) is 0 Å². The lowest BCUT2D eigenvalue weighted by atomic mass is 10.2. The van der Waals surface area contributed by atoms with Gasteiger partial charge in [-0.1, -0.05) is 11.6 Å². The molecule has 178 valence electrons. The molecule has 0 saturated carbocycles. The minimum absolute atomic E-state index is 0.0628. The predicted molar refractivity (Wildman–Crippen MR) is 119 cm³/mol. The van der Waals surface area contributed by atoms with E-state index in [9.17, 15) is 19.3 Å². The maximum Gasteiger partial charge on any atom is 0.410 e. The Bertz CT molecular complexity index is 1080. The quantitative estimate of drug-likeness (QED) is 0.506. The molecule has 0 radical (unpaired) electrons. The van der Waals surface area contributed by atoms with Crippen molar-refractivity contribution in [2.24, 2.45) is 0 Å². The smallest absolute Gasteiger partial charge is 0.410 e. The zero-order chi connectivity index (χ0) is 24.5. The Hall–Kier alpha value is -3.41. The molecular weight excluding hydrogens is 459 g/mol. The Kier molecular flexibility index (Phi) is 6.77. The van der Waals surface area contributed by atoms with Gasteiger partial charge in [-0.05, 0) is 27.7 Å². The van der Waals surface area contributed by atoms with E-state index in [1.807, 2.05) is 6.92 Å². The van der Waals surface area contributed by atoms with Crippen LogP contribution in [0.5, 0.6) is 11.5 Å². The minimum atomic E-state index is -0.784. The summed E-state index contributed by atoms with van der Waals surface area (Å²) in [5.41, 5.74) is 4.31. The molecule has 2 aromatic rings. The first-order chi connectivity index (χ1) is 15.4. The molecule has 11 nitrogen and oxygen atoms in total. The number of rotatable bonds is 4. The number of carbonyl (C=O) groups excluding carboxylic acids is 1. The van der Waals surface area contributed by atoms with Crippen LogP contribution in [0.15, 0.2) is 18.5 Å². The van der Waals surface area contributed by atoms with Crippen molar-refractivity contribution in [3.05, 3.63) is 39.4 Å². The van der Waals surface area contributed by atoms with Crippen molar-refractivity contribution in [3.8, 4) is 11.5 Å². The van der Waals surface area contributed by atoms with E-state index >= 15 is 0 Å². The number of aromatic nitrogens is 2. The summed E-state index contributed by atoms with van der Waals surface area (Å²) in [6.45, 7) is 8.20. The molecule has 0 bridgehead atoms. The molecule has 1 atom stereocenters. The van der Waals surface area contributed by atoms with Crippen molar-refractivity contribution < 1.29 is 23.6 Å². The first-order valence-corrected chi connectivity index (χ1v) is 10.4. The molecule has 0 spiro atoms. The van der Waals surface area contributed by atoms with E-state index in [-0.39, 0.29) is 34.2 Å². The van der Waals surface area contributed by atoms with E-state index < -0.39 is 28.1 Å². The lowest BCUT2D eigenvalue weighted by Crippen LogP contribution is -2.55. The van der Waals surface area contributed by atoms with Gasteiger partial charge in [0.2, 0.25) is 11.6 Å². The Morgan fingerprint density at radius 1 is 1.33 bits per heavy atom. The Morgan fingerprint density at radius 2 is 2.03 bits per heavy atom. The third-order valence-electron chi connectivity index (χ3n) is 4.75. The van der Waals surface area contributed by atoms with Gasteiger partial charge in [-0.25, -0.2) is 19.2 Å². The highest BCUT2D eigenvalue weighted by molar-refractivity contribution is 6.32. The maximum atomic E-state index is 14.9. The van der Waals surface area contributed by atoms with E-state index in [4.69, 9.17) is 26.8 Å². The van der Waals surface area contributed by atoms with Gasteiger partial charge in [-0.2, -0.15) is 0 Å². The summed E-state index contributed by atoms with van der Waals surface area (Å²) in [5.74, 6) is -1.49. The fourth-order valence-corrected chi connectivity index (χ4v) is 3.49. The van der Waals surface area contributed by atoms with Crippen molar-refractivity contribution in [1.29, 1.82) is 0 Å². The number of nitro groups is 1. The molecule has 13 heteroatoms. The van der Waals surface area contributed by atoms with Gasteiger partial charge in [0.1, 0.15) is 16.4 Å². The van der Waals surface area contributed by atoms with Crippen LogP contribution in [0.4, 0.5) is 26.5 Å². The standard InChI is InChI=1S/C20H24ClFN6O5/c1-11-10-26(5-6-27(11)19(29)33-20(2,3)4)18-14(22)7-12(8-25-18)32-16-13(21)9-24-17(23)15(16)28(30)31/h7-9,11H,5-6,10H2,1-4H3,(H2,23,24)/t11-/m0/s1. The number of amides is 1. The van der Waals surface area contributed by atoms with Gasteiger partial charge in [0, 0.05) is 31.7 Å². The maximum absolute atomic E-state index is 14.9. The highest BCUT2D eigenvalue weighted by Gasteiger charge is 2.32. The summed E-state index contributed by atoms with van der Waals surface area (Å²) in [7, 11) is 0. The third-order valence-corrected chi connectivity index (χ3v) is 5.02. The van der Waals surface area contributed by atoms with Crippen LogP contribution in [0.2, 0.25) is 5.02 Å². The minimum Gasteiger partial charge on any atom is -0.447 e. The molecule has 3 rings (SSSR count). The number of nitrogens with zero attached hydrogens (tertiary/aromatic N) is 5. The van der Waals surface area contributed by atoms with Crippen molar-refractivity contribution in [3.63, 3.8) is 0 Å². The van der Waals surface area contributed by atoms with Crippen LogP contribution in [0, 0.1) is 15.9 Å². The molecule has 2 N–H and O–H groups in total. The van der Waals surface area contributed by atoms with E-state index in [2.05, 4.69) is 9.97 Å². The lowest BCUT2D eigenvalue weighted by molar-refractivity contribution is -0.384. The van der Waals surface area contributed by atoms with Crippen molar-refractivity contribution in [2.45, 2.75) is 39.3 Å². The number of hydrogen-bond donors (Lipinski definition) is 1. The molecule has 0 aromatic carbocycles. The predicted octanol–water partition coefficient (Wildman–Crippen LogP) is 4.00. The number of piperazine rings is 1. The number of pyridine rings is 2. The van der Waals surface area contributed by atoms with Gasteiger partial charge in [0.25, 0.3) is 0 Å². The number of ether oxygens (including phenoxy) is 2. The monoisotopic (exact) mass is 482 g/mol. The number of hydrogen-bond acceptors (Lipinski definition) is 9. The Morgan fingerprint density at radius 3 is 2.61 bits per heavy atom. The van der Waals surface area contributed by atoms with Gasteiger partial charge in [0.05, 0.1) is 17.3 Å². The molecule has 1 amide bonds. The highest BCUT2D eigenvalue weighted by Crippen LogP contribution is 2.40. The van der Waals surface area contributed by atoms with Gasteiger partial charge in [0.15, 0.2) is 11.6 Å². The number of nitrogen functional groups attached to an aromatic ring is 1. The van der Waals surface area contributed by atoms with Crippen molar-refractivity contribution in [2.75, 3.05) is 30.3 Å². The zero-order valence-electron chi connectivity index (χ0n) is 18.5. The average molecular weight is 483 g/mol. The molecule has 3 heterocycles. The third kappa shape index (κ3) is 5.51. The van der Waals surface area contributed by atoms with Crippen LogP contribution in [0.3, 0.4) is 0 Å². The molecule has 1 saturated heterocycles. The van der Waals surface area contributed by atoms with Crippen LogP contribution in [-0.4, -0.2) is 57.2 Å². The largest absolute Gasteiger partial charge is 0.447 e. The first-order valence-electron chi connectivity index (χ1n) is 10.0. The second-order valence-corrected chi connectivity index (χ2v) is 8.88. The molecule has 1 aliphatic rings. The first kappa shape index (κ1) is 24.2. The zero-order valence-corrected chi connectivity index (χ0v) is 19.3. The van der Waals surface area contributed by atoms with E-state index in [0.717, 1.165) is 12.3 Å². The summed E-state index contributed by atoms with van der Waals surface area (Å²) in [4.78, 5) is 33.9. The van der Waals surface area contributed by atoms with Crippen molar-refractivity contribution in [1.82, 2.24) is 14.9 Å². The SMILES string of the molecule is C[C@H]1CN(c2ncc(Oc3c(Cl)cnc(N)c3[N+](=O)[O-])cc2F)CCN1C(=O)OC(C)(C)C. The fourth-order valence-electron chi connectivity index (χ4n) is 3.31. The topological polar surface area (TPSA) is 137 Å². The van der Waals surface area contributed by atoms with Crippen LogP contribution in [-0.2, 0) is 4.74 Å². The number of anilines is 2. The van der Waals surface area contributed by atoms with E-state index in [0.29, 0.717) is 19.6 Å². The Balaban J connectivity index is 1.76. The molecule has 33 heavy (non-hydrogen) atoms. The second-order valence-electron chi connectivity index (χ2n) is 8.47. The molecule has 0 aliphatic carbocycles. The molecule has 2 aromatic heterocycles. The van der Waals surface area contributed by atoms with Crippen LogP contribution < -0.4 is 15.4 Å². The van der Waals surface area contributed by atoms with Gasteiger partial charge >= 0.3 is 11.8 Å². The van der Waals surface area contributed by atoms with Gasteiger partial charge < -0.3 is 25.0 Å². The summed E-state index contributed by atoms with van der Waals surface area (Å²) >= 11 is 5.97. The normalized spacial score (nSPS) is 16.5. The molecular formula is C20H24ClFN6O5.